The lowest BCUT2D eigenvalue weighted by molar-refractivity contribution is -0.384. The minimum absolute atomic E-state index is 0.0173. The Morgan fingerprint density at radius 1 is 1.04 bits per heavy atom. The highest BCUT2D eigenvalue weighted by atomic mass is 16.7. The summed E-state index contributed by atoms with van der Waals surface area (Å²) in [4.78, 5) is 29.5. The molecule has 0 aliphatic carbocycles. The third-order valence-electron chi connectivity index (χ3n) is 3.87. The van der Waals surface area contributed by atoms with E-state index in [1.165, 1.54) is 12.1 Å². The Morgan fingerprint density at radius 3 is 2.31 bits per heavy atom. The minimum atomic E-state index is -0.571. The van der Waals surface area contributed by atoms with E-state index in [0.717, 1.165) is 0 Å². The van der Waals surface area contributed by atoms with Gasteiger partial charge in [0, 0.05) is 30.8 Å². The Hall–Kier alpha value is -3.26. The molecule has 3 rings (SSSR count). The van der Waals surface area contributed by atoms with Crippen LogP contribution in [0.25, 0.3) is 0 Å². The van der Waals surface area contributed by atoms with Crippen molar-refractivity contribution in [1.29, 1.82) is 0 Å². The van der Waals surface area contributed by atoms with Gasteiger partial charge in [0.1, 0.15) is 0 Å². The maximum Gasteiger partial charge on any atom is 0.365 e. The highest BCUT2D eigenvalue weighted by molar-refractivity contribution is 5.99. The Kier molecular flexibility index (Phi) is 5.55. The molecule has 2 aromatic carbocycles. The first-order chi connectivity index (χ1) is 12.6. The maximum atomic E-state index is 12.1. The molecule has 0 saturated carbocycles. The molecule has 1 aliphatic rings. The molecule has 1 saturated heterocycles. The number of nitrogens with zero attached hydrogens (tertiary/aromatic N) is 3. The average Bonchev–Trinajstić information content (AvgIpc) is 2.70. The summed E-state index contributed by atoms with van der Waals surface area (Å²) in [6.07, 6.45) is 0. The molecule has 8 heteroatoms. The summed E-state index contributed by atoms with van der Waals surface area (Å²) < 4.78 is 5.34. The van der Waals surface area contributed by atoms with Gasteiger partial charge in [-0.2, -0.15) is 0 Å². The zero-order valence-electron chi connectivity index (χ0n) is 13.9. The number of morpholine rings is 1. The van der Waals surface area contributed by atoms with E-state index in [1.54, 1.807) is 42.5 Å². The molecule has 2 aromatic rings. The highest BCUT2D eigenvalue weighted by Crippen LogP contribution is 2.15. The summed E-state index contributed by atoms with van der Waals surface area (Å²) in [5, 5.41) is 14.9. The van der Waals surface area contributed by atoms with Crippen LogP contribution in [0, 0.1) is 10.1 Å². The average molecular weight is 355 g/mol. The van der Waals surface area contributed by atoms with E-state index in [0.29, 0.717) is 43.3 Å². The van der Waals surface area contributed by atoms with Gasteiger partial charge >= 0.3 is 5.97 Å². The Morgan fingerprint density at radius 2 is 1.69 bits per heavy atom. The fourth-order valence-electron chi connectivity index (χ4n) is 2.51. The molecule has 0 unspecified atom stereocenters. The van der Waals surface area contributed by atoms with Crippen LogP contribution in [-0.4, -0.2) is 47.9 Å². The number of nitro groups is 1. The van der Waals surface area contributed by atoms with Crippen LogP contribution in [0.15, 0.2) is 59.8 Å². The van der Waals surface area contributed by atoms with Crippen molar-refractivity contribution in [3.05, 3.63) is 75.8 Å². The van der Waals surface area contributed by atoms with Gasteiger partial charge in [-0.25, -0.2) is 4.79 Å². The Labute approximate surface area is 149 Å². The monoisotopic (exact) mass is 355 g/mol. The SMILES string of the molecule is O=C(O/N=C(\c1ccc([N+](=O)[O-])cc1)N1CCOCC1)c1ccccc1. The van der Waals surface area contributed by atoms with Gasteiger partial charge in [0.05, 0.1) is 23.7 Å². The fourth-order valence-corrected chi connectivity index (χ4v) is 2.51. The van der Waals surface area contributed by atoms with Crippen LogP contribution in [-0.2, 0) is 9.57 Å². The van der Waals surface area contributed by atoms with Crippen molar-refractivity contribution < 1.29 is 19.3 Å². The van der Waals surface area contributed by atoms with Crippen molar-refractivity contribution >= 4 is 17.5 Å². The molecule has 1 heterocycles. The van der Waals surface area contributed by atoms with Gasteiger partial charge in [-0.05, 0) is 24.3 Å². The molecule has 0 spiro atoms. The quantitative estimate of drug-likeness (QED) is 0.275. The number of nitro benzene ring substituents is 1. The zero-order valence-corrected chi connectivity index (χ0v) is 13.9. The second kappa shape index (κ2) is 8.21. The number of amidine groups is 1. The Bertz CT molecular complexity index is 799. The molecule has 0 radical (unpaired) electrons. The largest absolute Gasteiger partial charge is 0.378 e. The molecule has 0 amide bonds. The van der Waals surface area contributed by atoms with Crippen LogP contribution in [0.3, 0.4) is 0 Å². The maximum absolute atomic E-state index is 12.1. The van der Waals surface area contributed by atoms with Crippen LogP contribution in [0.4, 0.5) is 5.69 Å². The summed E-state index contributed by atoms with van der Waals surface area (Å²) in [7, 11) is 0. The zero-order chi connectivity index (χ0) is 18.4. The molecule has 1 aliphatic heterocycles. The highest BCUT2D eigenvalue weighted by Gasteiger charge is 2.19. The number of hydrogen-bond donors (Lipinski definition) is 0. The normalized spacial score (nSPS) is 14.8. The summed E-state index contributed by atoms with van der Waals surface area (Å²) in [6, 6.07) is 14.5. The number of carbonyl (C=O) groups excluding carboxylic acids is 1. The van der Waals surface area contributed by atoms with Crippen LogP contribution < -0.4 is 0 Å². The van der Waals surface area contributed by atoms with E-state index < -0.39 is 10.9 Å². The molecule has 0 bridgehead atoms. The Balaban J connectivity index is 1.85. The van der Waals surface area contributed by atoms with Crippen molar-refractivity contribution in [3.8, 4) is 0 Å². The summed E-state index contributed by atoms with van der Waals surface area (Å²) in [6.45, 7) is 2.22. The van der Waals surface area contributed by atoms with E-state index in [2.05, 4.69) is 5.16 Å². The number of rotatable bonds is 4. The molecular weight excluding hydrogens is 338 g/mol. The first-order valence-corrected chi connectivity index (χ1v) is 8.07. The molecule has 134 valence electrons. The number of non-ortho nitro benzene ring substituents is 1. The number of benzene rings is 2. The minimum Gasteiger partial charge on any atom is -0.378 e. The van der Waals surface area contributed by atoms with Gasteiger partial charge < -0.3 is 14.5 Å². The van der Waals surface area contributed by atoms with E-state index >= 15 is 0 Å². The van der Waals surface area contributed by atoms with Crippen LogP contribution in [0.1, 0.15) is 15.9 Å². The predicted molar refractivity (Wildman–Crippen MR) is 93.9 cm³/mol. The number of carbonyl (C=O) groups is 1. The molecule has 0 atom stereocenters. The van der Waals surface area contributed by atoms with Crippen LogP contribution in [0.5, 0.6) is 0 Å². The summed E-state index contributed by atoms with van der Waals surface area (Å²) in [5.41, 5.74) is 0.996. The molecular formula is C18H17N3O5. The molecule has 1 fully saturated rings. The van der Waals surface area contributed by atoms with Crippen molar-refractivity contribution in [3.63, 3.8) is 0 Å². The van der Waals surface area contributed by atoms with Gasteiger partial charge in [-0.15, -0.1) is 0 Å². The first kappa shape index (κ1) is 17.6. The van der Waals surface area contributed by atoms with Gasteiger partial charge in [-0.3, -0.25) is 10.1 Å². The van der Waals surface area contributed by atoms with E-state index in [1.807, 2.05) is 4.90 Å². The number of ether oxygens (including phenoxy) is 1. The second-order valence-corrected chi connectivity index (χ2v) is 5.56. The smallest absolute Gasteiger partial charge is 0.365 e. The van der Waals surface area contributed by atoms with E-state index in [4.69, 9.17) is 9.57 Å². The van der Waals surface area contributed by atoms with E-state index in [9.17, 15) is 14.9 Å². The predicted octanol–water partition coefficient (Wildman–Crippen LogP) is 2.45. The van der Waals surface area contributed by atoms with Crippen LogP contribution >= 0.6 is 0 Å². The molecule has 8 nitrogen and oxygen atoms in total. The summed E-state index contributed by atoms with van der Waals surface area (Å²) in [5.74, 6) is -0.134. The lowest BCUT2D eigenvalue weighted by Gasteiger charge is -2.29. The lowest BCUT2D eigenvalue weighted by Crippen LogP contribution is -2.41. The lowest BCUT2D eigenvalue weighted by atomic mass is 10.1. The topological polar surface area (TPSA) is 94.3 Å². The van der Waals surface area contributed by atoms with Crippen LogP contribution in [0.2, 0.25) is 0 Å². The van der Waals surface area contributed by atoms with Crippen molar-refractivity contribution in [2.24, 2.45) is 5.16 Å². The first-order valence-electron chi connectivity index (χ1n) is 8.07. The van der Waals surface area contributed by atoms with Crippen molar-refractivity contribution in [2.45, 2.75) is 0 Å². The summed E-state index contributed by atoms with van der Waals surface area (Å²) >= 11 is 0. The number of oxime groups is 1. The molecule has 26 heavy (non-hydrogen) atoms. The molecule has 0 N–H and O–H groups in total. The number of hydrogen-bond acceptors (Lipinski definition) is 6. The van der Waals surface area contributed by atoms with E-state index in [-0.39, 0.29) is 5.69 Å². The van der Waals surface area contributed by atoms with Crippen molar-refractivity contribution in [2.75, 3.05) is 26.3 Å². The third kappa shape index (κ3) is 4.22. The van der Waals surface area contributed by atoms with Crippen molar-refractivity contribution in [1.82, 2.24) is 4.90 Å². The third-order valence-corrected chi connectivity index (χ3v) is 3.87. The standard InChI is InChI=1S/C18H17N3O5/c22-18(15-4-2-1-3-5-15)26-19-17(20-10-12-25-13-11-20)14-6-8-16(9-7-14)21(23)24/h1-9H,10-13H2/b19-17+. The van der Waals surface area contributed by atoms with Gasteiger partial charge in [-0.1, -0.05) is 23.4 Å². The van der Waals surface area contributed by atoms with Gasteiger partial charge in [0.15, 0.2) is 5.84 Å². The van der Waals surface area contributed by atoms with Gasteiger partial charge in [0.25, 0.3) is 5.69 Å². The molecule has 0 aromatic heterocycles. The van der Waals surface area contributed by atoms with Gasteiger partial charge in [0.2, 0.25) is 0 Å². The second-order valence-electron chi connectivity index (χ2n) is 5.56. The fraction of sp³-hybridized carbons (Fsp3) is 0.222.